The lowest BCUT2D eigenvalue weighted by atomic mass is 10.0. The van der Waals surface area contributed by atoms with Crippen LogP contribution in [0.3, 0.4) is 0 Å². The zero-order chi connectivity index (χ0) is 10.9. The van der Waals surface area contributed by atoms with E-state index in [0.717, 1.165) is 0 Å². The zero-order valence-corrected chi connectivity index (χ0v) is 8.46. The van der Waals surface area contributed by atoms with Crippen molar-refractivity contribution in [2.45, 2.75) is 18.4 Å². The summed E-state index contributed by atoms with van der Waals surface area (Å²) in [4.78, 5) is 0. The minimum atomic E-state index is -4.45. The van der Waals surface area contributed by atoms with Gasteiger partial charge >= 0.3 is 6.18 Å². The van der Waals surface area contributed by atoms with Crippen LogP contribution >= 0.6 is 15.9 Å². The SMILES string of the molecule is [2H]c1ccc(CBr)c(C)c1C(F)(F)F. The fourth-order valence-corrected chi connectivity index (χ4v) is 1.67. The standard InChI is InChI=1S/C9H8BrF3/c1-6-7(5-10)3-2-4-8(6)9(11,12)13/h2-4H,5H2,1H3/i4D. The molecule has 0 fully saturated rings. The van der Waals surface area contributed by atoms with E-state index in [4.69, 9.17) is 1.37 Å². The number of alkyl halides is 4. The lowest BCUT2D eigenvalue weighted by Gasteiger charge is -2.12. The third kappa shape index (κ3) is 2.24. The van der Waals surface area contributed by atoms with Gasteiger partial charge in [0.05, 0.1) is 6.93 Å². The molecule has 0 spiro atoms. The van der Waals surface area contributed by atoms with E-state index in [0.29, 0.717) is 10.9 Å². The van der Waals surface area contributed by atoms with Gasteiger partial charge in [0.2, 0.25) is 0 Å². The third-order valence-electron chi connectivity index (χ3n) is 1.80. The van der Waals surface area contributed by atoms with E-state index < -0.39 is 17.8 Å². The number of rotatable bonds is 1. The van der Waals surface area contributed by atoms with Gasteiger partial charge in [-0.2, -0.15) is 13.2 Å². The van der Waals surface area contributed by atoms with E-state index in [1.807, 2.05) is 0 Å². The number of benzene rings is 1. The summed E-state index contributed by atoms with van der Waals surface area (Å²) < 4.78 is 44.7. The molecule has 0 amide bonds. The second-order valence-corrected chi connectivity index (χ2v) is 3.20. The summed E-state index contributed by atoms with van der Waals surface area (Å²) in [5.74, 6) is 0. The van der Waals surface area contributed by atoms with Crippen molar-refractivity contribution in [3.05, 3.63) is 34.9 Å². The monoisotopic (exact) mass is 253 g/mol. The molecule has 0 heterocycles. The maximum absolute atomic E-state index is 12.5. The van der Waals surface area contributed by atoms with Gasteiger partial charge in [0, 0.05) is 5.33 Å². The van der Waals surface area contributed by atoms with Gasteiger partial charge in [-0.1, -0.05) is 28.1 Å². The minimum Gasteiger partial charge on any atom is -0.166 e. The Morgan fingerprint density at radius 2 is 2.15 bits per heavy atom. The van der Waals surface area contributed by atoms with E-state index in [2.05, 4.69) is 15.9 Å². The van der Waals surface area contributed by atoms with E-state index in [9.17, 15) is 13.2 Å². The van der Waals surface area contributed by atoms with E-state index in [1.165, 1.54) is 19.1 Å². The van der Waals surface area contributed by atoms with Gasteiger partial charge < -0.3 is 0 Å². The Kier molecular flexibility index (Phi) is 2.58. The van der Waals surface area contributed by atoms with E-state index in [1.54, 1.807) is 0 Å². The summed E-state index contributed by atoms with van der Waals surface area (Å²) >= 11 is 3.11. The molecule has 72 valence electrons. The van der Waals surface area contributed by atoms with E-state index >= 15 is 0 Å². The molecule has 1 aromatic rings. The molecule has 0 aliphatic rings. The topological polar surface area (TPSA) is 0 Å². The van der Waals surface area contributed by atoms with Crippen molar-refractivity contribution >= 4 is 15.9 Å². The molecular weight excluding hydrogens is 245 g/mol. The summed E-state index contributed by atoms with van der Waals surface area (Å²) in [6.07, 6.45) is -4.45. The van der Waals surface area contributed by atoms with Crippen LogP contribution in [-0.2, 0) is 11.5 Å². The van der Waals surface area contributed by atoms with Crippen molar-refractivity contribution in [3.63, 3.8) is 0 Å². The molecule has 0 aliphatic heterocycles. The Balaban J connectivity index is 3.40. The molecule has 0 saturated carbocycles. The number of hydrogen-bond donors (Lipinski definition) is 0. The van der Waals surface area contributed by atoms with Gasteiger partial charge in [-0.15, -0.1) is 0 Å². The Morgan fingerprint density at radius 1 is 1.54 bits per heavy atom. The molecule has 13 heavy (non-hydrogen) atoms. The summed E-state index contributed by atoms with van der Waals surface area (Å²) in [7, 11) is 0. The van der Waals surface area contributed by atoms with Crippen LogP contribution in [0, 0.1) is 6.92 Å². The highest BCUT2D eigenvalue weighted by atomic mass is 79.9. The Morgan fingerprint density at radius 3 is 2.62 bits per heavy atom. The number of halogens is 4. The highest BCUT2D eigenvalue weighted by Gasteiger charge is 2.32. The average molecular weight is 254 g/mol. The first-order valence-corrected chi connectivity index (χ1v) is 4.72. The van der Waals surface area contributed by atoms with E-state index in [-0.39, 0.29) is 5.56 Å². The average Bonchev–Trinajstić information content (AvgIpc) is 2.02. The van der Waals surface area contributed by atoms with Crippen molar-refractivity contribution in [3.8, 4) is 0 Å². The fourth-order valence-electron chi connectivity index (χ4n) is 1.06. The van der Waals surface area contributed by atoms with Crippen molar-refractivity contribution in [2.24, 2.45) is 0 Å². The quantitative estimate of drug-likeness (QED) is 0.666. The van der Waals surface area contributed by atoms with Gasteiger partial charge in [0.25, 0.3) is 0 Å². The number of hydrogen-bond acceptors (Lipinski definition) is 0. The first-order chi connectivity index (χ1) is 6.38. The molecule has 0 N–H and O–H groups in total. The Labute approximate surface area is 84.3 Å². The molecule has 0 radical (unpaired) electrons. The summed E-state index contributed by atoms with van der Waals surface area (Å²) in [5, 5.41) is 0.363. The van der Waals surface area contributed by atoms with Crippen LogP contribution in [0.5, 0.6) is 0 Å². The molecule has 4 heteroatoms. The molecule has 0 bridgehead atoms. The van der Waals surface area contributed by atoms with Crippen LogP contribution in [0.4, 0.5) is 13.2 Å². The minimum absolute atomic E-state index is 0.127. The zero-order valence-electron chi connectivity index (χ0n) is 7.87. The van der Waals surface area contributed by atoms with Crippen LogP contribution in [0.25, 0.3) is 0 Å². The van der Waals surface area contributed by atoms with Crippen LogP contribution < -0.4 is 0 Å². The highest BCUT2D eigenvalue weighted by molar-refractivity contribution is 9.08. The smallest absolute Gasteiger partial charge is 0.166 e. The Hall–Kier alpha value is -0.510. The second-order valence-electron chi connectivity index (χ2n) is 2.63. The van der Waals surface area contributed by atoms with Crippen LogP contribution in [0.2, 0.25) is 0 Å². The molecule has 1 rings (SSSR count). The first kappa shape index (κ1) is 9.06. The molecular formula is C9H8BrF3. The first-order valence-electron chi connectivity index (χ1n) is 4.10. The molecule has 0 saturated heterocycles. The summed E-state index contributed by atoms with van der Waals surface area (Å²) in [6.45, 7) is 1.39. The highest BCUT2D eigenvalue weighted by Crippen LogP contribution is 2.33. The Bertz CT molecular complexity index is 347. The molecule has 0 atom stereocenters. The second kappa shape index (κ2) is 3.70. The molecule has 1 aromatic carbocycles. The maximum atomic E-state index is 12.5. The molecule has 0 aliphatic carbocycles. The van der Waals surface area contributed by atoms with Crippen molar-refractivity contribution in [1.29, 1.82) is 0 Å². The molecule has 0 nitrogen and oxygen atoms in total. The fraction of sp³-hybridized carbons (Fsp3) is 0.333. The lowest BCUT2D eigenvalue weighted by Crippen LogP contribution is -2.08. The molecule has 0 unspecified atom stereocenters. The maximum Gasteiger partial charge on any atom is 0.416 e. The summed E-state index contributed by atoms with van der Waals surface area (Å²) in [5.41, 5.74) is -0.148. The molecule has 0 aromatic heterocycles. The van der Waals surface area contributed by atoms with Crippen molar-refractivity contribution in [1.82, 2.24) is 0 Å². The largest absolute Gasteiger partial charge is 0.416 e. The predicted octanol–water partition coefficient (Wildman–Crippen LogP) is 3.91. The van der Waals surface area contributed by atoms with Gasteiger partial charge in [-0.05, 0) is 24.1 Å². The van der Waals surface area contributed by atoms with Gasteiger partial charge in [0.15, 0.2) is 0 Å². The van der Waals surface area contributed by atoms with Crippen LogP contribution in [-0.4, -0.2) is 0 Å². The van der Waals surface area contributed by atoms with Gasteiger partial charge in [0.1, 0.15) is 0 Å². The van der Waals surface area contributed by atoms with Gasteiger partial charge in [-0.3, -0.25) is 0 Å². The van der Waals surface area contributed by atoms with Crippen molar-refractivity contribution in [2.75, 3.05) is 0 Å². The lowest BCUT2D eigenvalue weighted by molar-refractivity contribution is -0.138. The normalized spacial score (nSPS) is 12.8. The van der Waals surface area contributed by atoms with Crippen LogP contribution in [0.1, 0.15) is 18.1 Å². The summed E-state index contributed by atoms with van der Waals surface area (Å²) in [6, 6.07) is 2.23. The van der Waals surface area contributed by atoms with Crippen LogP contribution in [0.15, 0.2) is 18.2 Å². The van der Waals surface area contributed by atoms with Gasteiger partial charge in [-0.25, -0.2) is 0 Å². The van der Waals surface area contributed by atoms with Crippen molar-refractivity contribution < 1.29 is 14.5 Å². The predicted molar refractivity (Wildman–Crippen MR) is 48.8 cm³/mol. The third-order valence-corrected chi connectivity index (χ3v) is 2.40.